The van der Waals surface area contributed by atoms with Gasteiger partial charge in [0.25, 0.3) is 0 Å². The van der Waals surface area contributed by atoms with Gasteiger partial charge in [0.2, 0.25) is 0 Å². The van der Waals surface area contributed by atoms with Crippen LogP contribution in [0.15, 0.2) is 146 Å². The maximum absolute atomic E-state index is 2.34. The molecule has 0 aliphatic rings. The predicted octanol–water partition coefficient (Wildman–Crippen LogP) is 6.26. The molecule has 0 heterocycles. The number of hydrogen-bond donors (Lipinski definition) is 0. The molecule has 0 fully saturated rings. The molecule has 0 aliphatic carbocycles. The summed E-state index contributed by atoms with van der Waals surface area (Å²) in [6, 6.07) is 55.0. The molecule has 0 saturated heterocycles. The molecule has 0 bridgehead atoms. The van der Waals surface area contributed by atoms with E-state index in [0.717, 1.165) is 0 Å². The number of hydrogen-bond acceptors (Lipinski definition) is 0. The van der Waals surface area contributed by atoms with Crippen LogP contribution in [-0.4, -0.2) is 37.1 Å². The van der Waals surface area contributed by atoms with Crippen LogP contribution in [0.25, 0.3) is 0 Å². The first-order valence-electron chi connectivity index (χ1n) is 15.4. The third-order valence-electron chi connectivity index (χ3n) is 8.04. The normalized spacial score (nSPS) is 10.9. The van der Waals surface area contributed by atoms with Gasteiger partial charge < -0.3 is 0 Å². The van der Waals surface area contributed by atoms with Crippen molar-refractivity contribution in [2.45, 2.75) is 41.5 Å². The molecule has 218 valence electrons. The number of rotatable bonds is 6. The Labute approximate surface area is 278 Å². The Balaban J connectivity index is 0.000000175. The van der Waals surface area contributed by atoms with Gasteiger partial charge in [-0.2, -0.15) is 0 Å². The van der Waals surface area contributed by atoms with E-state index < -0.39 is 37.1 Å². The van der Waals surface area contributed by atoms with Gasteiger partial charge >= 0.3 is 280 Å². The van der Waals surface area contributed by atoms with E-state index in [1.54, 1.807) is 9.37 Å². The molecular weight excluding hydrogens is 784 g/mol. The van der Waals surface area contributed by atoms with Crippen LogP contribution in [0.3, 0.4) is 0 Å². The van der Waals surface area contributed by atoms with Crippen molar-refractivity contribution in [1.29, 1.82) is 0 Å². The third-order valence-corrected chi connectivity index (χ3v) is 24.4. The van der Waals surface area contributed by atoms with Gasteiger partial charge in [0, 0.05) is 0 Å². The van der Waals surface area contributed by atoms with Crippen molar-refractivity contribution in [3.05, 3.63) is 179 Å². The first kappa shape index (κ1) is 32.2. The minimum atomic E-state index is -2.26. The SMILES string of the molecule is Cc1cc[c]([Ge]([c]2ccc(C)cc2)[c]2ccc(C)cc2)cc1.Cc1cc[c]([Pb]([c]2ccc(C)cc2)[c]2ccc(C)cc2)cc1. The molecule has 6 aromatic carbocycles. The molecule has 6 rings (SSSR count). The second kappa shape index (κ2) is 15.2. The molecule has 0 atom stereocenters. The van der Waals surface area contributed by atoms with E-state index >= 15 is 0 Å². The Morgan fingerprint density at radius 2 is 0.455 bits per heavy atom. The Morgan fingerprint density at radius 1 is 0.273 bits per heavy atom. The van der Waals surface area contributed by atoms with Crippen LogP contribution in [0.1, 0.15) is 33.4 Å². The summed E-state index contributed by atoms with van der Waals surface area (Å²) in [6.45, 7) is 12.9. The van der Waals surface area contributed by atoms with Crippen molar-refractivity contribution in [3.8, 4) is 0 Å². The summed E-state index contributed by atoms with van der Waals surface area (Å²) in [5, 5.41) is 0. The van der Waals surface area contributed by atoms with Gasteiger partial charge in [0.05, 0.1) is 0 Å². The van der Waals surface area contributed by atoms with Crippen molar-refractivity contribution in [2.75, 3.05) is 0 Å². The van der Waals surface area contributed by atoms with Crippen molar-refractivity contribution in [2.24, 2.45) is 0 Å². The van der Waals surface area contributed by atoms with E-state index in [1.165, 1.54) is 46.6 Å². The van der Waals surface area contributed by atoms with Crippen LogP contribution in [0.2, 0.25) is 0 Å². The first-order valence-corrected chi connectivity index (χ1v) is 24.4. The minimum absolute atomic E-state index is 1.33. The van der Waals surface area contributed by atoms with E-state index in [4.69, 9.17) is 0 Å². The quantitative estimate of drug-likeness (QED) is 0.174. The molecule has 0 unspecified atom stereocenters. The van der Waals surface area contributed by atoms with Gasteiger partial charge in [0.15, 0.2) is 0 Å². The van der Waals surface area contributed by atoms with E-state index in [9.17, 15) is 0 Å². The zero-order valence-electron chi connectivity index (χ0n) is 26.9. The summed E-state index contributed by atoms with van der Waals surface area (Å²) in [7, 11) is 0. The molecule has 0 N–H and O–H groups in total. The fourth-order valence-electron chi connectivity index (χ4n) is 5.32. The molecule has 0 aromatic heterocycles. The summed E-state index contributed by atoms with van der Waals surface area (Å²) >= 11 is -3.96. The second-order valence-electron chi connectivity index (χ2n) is 11.9. The Hall–Kier alpha value is -3.22. The molecule has 2 radical (unpaired) electrons. The Kier molecular flexibility index (Phi) is 11.1. The summed E-state index contributed by atoms with van der Waals surface area (Å²) in [4.78, 5) is 0. The predicted molar refractivity (Wildman–Crippen MR) is 196 cm³/mol. The van der Waals surface area contributed by atoms with Crippen LogP contribution >= 0.6 is 0 Å². The molecular formula is C42H42GePb. The van der Waals surface area contributed by atoms with E-state index in [1.807, 2.05) is 0 Å². The molecule has 0 aliphatic heterocycles. The van der Waals surface area contributed by atoms with Gasteiger partial charge in [-0.15, -0.1) is 0 Å². The fourth-order valence-corrected chi connectivity index (χ4v) is 20.3. The van der Waals surface area contributed by atoms with Crippen LogP contribution in [0, 0.1) is 41.5 Å². The second-order valence-corrected chi connectivity index (χ2v) is 26.8. The molecule has 0 amide bonds. The van der Waals surface area contributed by atoms with Gasteiger partial charge in [-0.3, -0.25) is 0 Å². The fraction of sp³-hybridized carbons (Fsp3) is 0.143. The average molecular weight is 827 g/mol. The molecule has 0 saturated carbocycles. The summed E-state index contributed by atoms with van der Waals surface area (Å²) in [5.74, 6) is 0. The van der Waals surface area contributed by atoms with Crippen LogP contribution in [0.5, 0.6) is 0 Å². The van der Waals surface area contributed by atoms with Crippen LogP contribution in [0.4, 0.5) is 0 Å². The van der Waals surface area contributed by atoms with Crippen molar-refractivity contribution >= 4 is 59.6 Å². The van der Waals surface area contributed by atoms with Gasteiger partial charge in [-0.25, -0.2) is 0 Å². The Bertz CT molecular complexity index is 1400. The Morgan fingerprint density at radius 3 is 0.659 bits per heavy atom. The van der Waals surface area contributed by atoms with Crippen molar-refractivity contribution in [3.63, 3.8) is 0 Å². The zero-order valence-corrected chi connectivity index (χ0v) is 32.8. The third kappa shape index (κ3) is 8.48. The number of aryl methyl sites for hydroxylation is 6. The van der Waals surface area contributed by atoms with E-state index in [-0.39, 0.29) is 0 Å². The van der Waals surface area contributed by atoms with E-state index in [2.05, 4.69) is 187 Å². The van der Waals surface area contributed by atoms with Crippen LogP contribution in [-0.2, 0) is 0 Å². The molecule has 44 heavy (non-hydrogen) atoms. The zero-order chi connectivity index (χ0) is 31.1. The van der Waals surface area contributed by atoms with Gasteiger partial charge in [0.1, 0.15) is 0 Å². The van der Waals surface area contributed by atoms with Gasteiger partial charge in [-0.1, -0.05) is 0 Å². The molecule has 0 spiro atoms. The summed E-state index contributed by atoms with van der Waals surface area (Å²) in [6.07, 6.45) is 0. The van der Waals surface area contributed by atoms with Crippen molar-refractivity contribution in [1.82, 2.24) is 0 Å². The number of benzene rings is 6. The van der Waals surface area contributed by atoms with E-state index in [0.29, 0.717) is 0 Å². The van der Waals surface area contributed by atoms with Crippen molar-refractivity contribution < 1.29 is 0 Å². The maximum atomic E-state index is 2.34. The van der Waals surface area contributed by atoms with Crippen LogP contribution < -0.4 is 22.6 Å². The molecule has 2 heteroatoms. The molecule has 6 aromatic rings. The summed E-state index contributed by atoms with van der Waals surface area (Å²) in [5.41, 5.74) is 7.99. The molecule has 0 nitrogen and oxygen atoms in total. The van der Waals surface area contributed by atoms with Gasteiger partial charge in [-0.05, 0) is 0 Å². The first-order chi connectivity index (χ1) is 21.3. The standard InChI is InChI=1S/C21H21Ge.3C7H7.Pb/c1-16-4-10-19(11-5-16)22(20-12-6-17(2)7-13-20)21-14-8-18(3)9-15-21;3*1-7-5-3-2-4-6-7;/h4-15H,1-3H3;3*3-6H,1H3;. The summed E-state index contributed by atoms with van der Waals surface area (Å²) < 4.78 is 9.21. The monoisotopic (exact) mass is 828 g/mol. The average Bonchev–Trinajstić information content (AvgIpc) is 3.03. The topological polar surface area (TPSA) is 0 Å².